The van der Waals surface area contributed by atoms with Crippen LogP contribution in [0.5, 0.6) is 0 Å². The van der Waals surface area contributed by atoms with E-state index in [0.717, 1.165) is 24.2 Å². The number of fused-ring (bicyclic) bond motifs is 1. The first-order valence-electron chi connectivity index (χ1n) is 6.90. The molecule has 0 spiro atoms. The average Bonchev–Trinajstić information content (AvgIpc) is 3.07. The van der Waals surface area contributed by atoms with E-state index in [0.29, 0.717) is 6.54 Å². The van der Waals surface area contributed by atoms with Crippen LogP contribution in [0.2, 0.25) is 0 Å². The molecule has 5 heteroatoms. The number of hydrogen-bond acceptors (Lipinski definition) is 3. The molecule has 2 heterocycles. The van der Waals surface area contributed by atoms with Gasteiger partial charge in [-0.05, 0) is 18.6 Å². The molecule has 3 rings (SSSR count). The Kier molecular flexibility index (Phi) is 3.94. The number of nitrogens with zero attached hydrogens (tertiary/aromatic N) is 2. The first-order chi connectivity index (χ1) is 9.78. The normalized spacial score (nSPS) is 15.1. The fourth-order valence-electron chi connectivity index (χ4n) is 2.57. The molecule has 2 aromatic rings. The summed E-state index contributed by atoms with van der Waals surface area (Å²) in [6.45, 7) is 1.50. The van der Waals surface area contributed by atoms with E-state index in [4.69, 9.17) is 11.6 Å². The minimum absolute atomic E-state index is 0.239. The zero-order chi connectivity index (χ0) is 13.9. The van der Waals surface area contributed by atoms with Gasteiger partial charge in [-0.25, -0.2) is 4.98 Å². The number of aromatic nitrogens is 2. The number of aryl methyl sites for hydroxylation is 1. The third-order valence-electron chi connectivity index (χ3n) is 3.60. The minimum atomic E-state index is -0.528. The Morgan fingerprint density at radius 2 is 2.35 bits per heavy atom. The maximum absolute atomic E-state index is 9.49. The van der Waals surface area contributed by atoms with Crippen LogP contribution in [0.1, 0.15) is 12.2 Å². The van der Waals surface area contributed by atoms with Crippen LogP contribution < -0.4 is 5.32 Å². The fraction of sp³-hybridized carbons (Fsp3) is 0.400. The van der Waals surface area contributed by atoms with Gasteiger partial charge < -0.3 is 15.0 Å². The fourth-order valence-corrected chi connectivity index (χ4v) is 2.68. The standard InChI is InChI=1S/C15H18ClN3O/c16-8-13(20)9-17-12-4-1-3-11(7-12)14-10-18-15-5-2-6-19(14)15/h1,3-4,7,10,13,17,20H,2,5-6,8-9H2. The van der Waals surface area contributed by atoms with Gasteiger partial charge >= 0.3 is 0 Å². The number of aliphatic hydroxyl groups is 1. The maximum Gasteiger partial charge on any atom is 0.109 e. The zero-order valence-corrected chi connectivity index (χ0v) is 12.0. The smallest absolute Gasteiger partial charge is 0.109 e. The van der Waals surface area contributed by atoms with Gasteiger partial charge in [-0.3, -0.25) is 0 Å². The van der Waals surface area contributed by atoms with Crippen LogP contribution >= 0.6 is 11.6 Å². The Morgan fingerprint density at radius 1 is 1.45 bits per heavy atom. The highest BCUT2D eigenvalue weighted by molar-refractivity contribution is 6.18. The number of imidazole rings is 1. The maximum atomic E-state index is 9.49. The molecule has 1 aromatic carbocycles. The number of anilines is 1. The quantitative estimate of drug-likeness (QED) is 0.832. The summed E-state index contributed by atoms with van der Waals surface area (Å²) in [5.74, 6) is 1.42. The van der Waals surface area contributed by atoms with Gasteiger partial charge in [0.2, 0.25) is 0 Å². The average molecular weight is 292 g/mol. The summed E-state index contributed by atoms with van der Waals surface area (Å²) in [5, 5.41) is 12.7. The Morgan fingerprint density at radius 3 is 3.20 bits per heavy atom. The van der Waals surface area contributed by atoms with Crippen molar-refractivity contribution in [3.63, 3.8) is 0 Å². The van der Waals surface area contributed by atoms with Crippen molar-refractivity contribution in [2.75, 3.05) is 17.7 Å². The number of aliphatic hydroxyl groups excluding tert-OH is 1. The molecule has 1 atom stereocenters. The highest BCUT2D eigenvalue weighted by atomic mass is 35.5. The van der Waals surface area contributed by atoms with Crippen molar-refractivity contribution in [1.82, 2.24) is 9.55 Å². The van der Waals surface area contributed by atoms with Crippen molar-refractivity contribution >= 4 is 17.3 Å². The topological polar surface area (TPSA) is 50.1 Å². The molecule has 0 aliphatic carbocycles. The van der Waals surface area contributed by atoms with Gasteiger partial charge in [-0.2, -0.15) is 0 Å². The van der Waals surface area contributed by atoms with Crippen LogP contribution in [-0.2, 0) is 13.0 Å². The Hall–Kier alpha value is -1.52. The number of benzene rings is 1. The molecule has 1 unspecified atom stereocenters. The summed E-state index contributed by atoms with van der Waals surface area (Å²) in [6, 6.07) is 8.18. The van der Waals surface area contributed by atoms with E-state index in [1.807, 2.05) is 18.3 Å². The third-order valence-corrected chi connectivity index (χ3v) is 3.95. The molecule has 4 nitrogen and oxygen atoms in total. The van der Waals surface area contributed by atoms with Crippen LogP contribution in [0.25, 0.3) is 11.3 Å². The molecule has 106 valence electrons. The van der Waals surface area contributed by atoms with Gasteiger partial charge in [0, 0.05) is 30.8 Å². The molecule has 1 aliphatic rings. The van der Waals surface area contributed by atoms with Crippen molar-refractivity contribution in [1.29, 1.82) is 0 Å². The molecule has 0 fully saturated rings. The second-order valence-electron chi connectivity index (χ2n) is 5.08. The second-order valence-corrected chi connectivity index (χ2v) is 5.39. The Labute approximate surface area is 123 Å². The number of rotatable bonds is 5. The van der Waals surface area contributed by atoms with Gasteiger partial charge in [0.25, 0.3) is 0 Å². The molecule has 20 heavy (non-hydrogen) atoms. The molecule has 1 aliphatic heterocycles. The summed E-state index contributed by atoms with van der Waals surface area (Å²) in [6.07, 6.45) is 3.66. The number of hydrogen-bond donors (Lipinski definition) is 2. The lowest BCUT2D eigenvalue weighted by Crippen LogP contribution is -2.20. The lowest BCUT2D eigenvalue weighted by Gasteiger charge is -2.11. The molecular weight excluding hydrogens is 274 g/mol. The van der Waals surface area contributed by atoms with Crippen molar-refractivity contribution in [3.8, 4) is 11.3 Å². The lowest BCUT2D eigenvalue weighted by atomic mass is 10.1. The number of alkyl halides is 1. The highest BCUT2D eigenvalue weighted by Gasteiger charge is 2.16. The van der Waals surface area contributed by atoms with E-state index < -0.39 is 6.10 Å². The van der Waals surface area contributed by atoms with Crippen LogP contribution in [0, 0.1) is 0 Å². The summed E-state index contributed by atoms with van der Waals surface area (Å²) in [7, 11) is 0. The first-order valence-corrected chi connectivity index (χ1v) is 7.44. The van der Waals surface area contributed by atoms with Gasteiger partial charge in [-0.15, -0.1) is 11.6 Å². The molecular formula is C15H18ClN3O. The zero-order valence-electron chi connectivity index (χ0n) is 11.2. The Balaban J connectivity index is 1.80. The van der Waals surface area contributed by atoms with E-state index in [2.05, 4.69) is 27.0 Å². The van der Waals surface area contributed by atoms with Gasteiger partial charge in [0.1, 0.15) is 5.82 Å². The molecule has 0 radical (unpaired) electrons. The molecule has 2 N–H and O–H groups in total. The van der Waals surface area contributed by atoms with Crippen LogP contribution in [0.4, 0.5) is 5.69 Å². The molecule has 0 saturated carbocycles. The first kappa shape index (κ1) is 13.5. The minimum Gasteiger partial charge on any atom is -0.390 e. The van der Waals surface area contributed by atoms with E-state index in [1.54, 1.807) is 0 Å². The SMILES string of the molecule is OC(CCl)CNc1cccc(-c2cnc3n2CCC3)c1. The van der Waals surface area contributed by atoms with Crippen LogP contribution in [0.3, 0.4) is 0 Å². The predicted octanol–water partition coefficient (Wildman–Crippen LogP) is 2.51. The van der Waals surface area contributed by atoms with Crippen molar-refractivity contribution in [2.24, 2.45) is 0 Å². The molecule has 0 bridgehead atoms. The lowest BCUT2D eigenvalue weighted by molar-refractivity contribution is 0.211. The highest BCUT2D eigenvalue weighted by Crippen LogP contribution is 2.27. The largest absolute Gasteiger partial charge is 0.390 e. The predicted molar refractivity (Wildman–Crippen MR) is 81.2 cm³/mol. The van der Waals surface area contributed by atoms with Crippen LogP contribution in [-0.4, -0.2) is 33.2 Å². The van der Waals surface area contributed by atoms with E-state index in [-0.39, 0.29) is 5.88 Å². The summed E-state index contributed by atoms with van der Waals surface area (Å²) < 4.78 is 2.28. The molecule has 1 aromatic heterocycles. The third kappa shape index (κ3) is 2.67. The number of halogens is 1. The monoisotopic (exact) mass is 291 g/mol. The van der Waals surface area contributed by atoms with E-state index >= 15 is 0 Å². The summed E-state index contributed by atoms with van der Waals surface area (Å²) >= 11 is 5.59. The summed E-state index contributed by atoms with van der Waals surface area (Å²) in [4.78, 5) is 4.48. The molecule has 0 saturated heterocycles. The molecule has 0 amide bonds. The second kappa shape index (κ2) is 5.85. The van der Waals surface area contributed by atoms with Gasteiger partial charge in [-0.1, -0.05) is 12.1 Å². The van der Waals surface area contributed by atoms with Crippen molar-refractivity contribution < 1.29 is 5.11 Å². The van der Waals surface area contributed by atoms with Gasteiger partial charge in [0.05, 0.1) is 23.9 Å². The van der Waals surface area contributed by atoms with E-state index in [9.17, 15) is 5.11 Å². The van der Waals surface area contributed by atoms with E-state index in [1.165, 1.54) is 17.9 Å². The number of nitrogens with one attached hydrogen (secondary N) is 1. The summed E-state index contributed by atoms with van der Waals surface area (Å²) in [5.41, 5.74) is 3.30. The Bertz CT molecular complexity index is 597. The van der Waals surface area contributed by atoms with Crippen LogP contribution in [0.15, 0.2) is 30.5 Å². The van der Waals surface area contributed by atoms with Gasteiger partial charge in [0.15, 0.2) is 0 Å². The van der Waals surface area contributed by atoms with Crippen molar-refractivity contribution in [3.05, 3.63) is 36.3 Å². The van der Waals surface area contributed by atoms with Crippen molar-refractivity contribution in [2.45, 2.75) is 25.5 Å².